The Bertz CT molecular complexity index is 387. The molecule has 1 aliphatic heterocycles. The second kappa shape index (κ2) is 6.26. The number of nitrogens with zero attached hydrogens (tertiary/aromatic N) is 3. The average Bonchev–Trinajstić information content (AvgIpc) is 3.28. The van der Waals surface area contributed by atoms with E-state index in [9.17, 15) is 9.59 Å². The van der Waals surface area contributed by atoms with Crippen LogP contribution in [0.15, 0.2) is 12.7 Å². The third kappa shape index (κ3) is 3.30. The van der Waals surface area contributed by atoms with Crippen LogP contribution in [-0.2, 0) is 4.79 Å². The average molecular weight is 281 g/mol. The van der Waals surface area contributed by atoms with Crippen molar-refractivity contribution in [3.8, 4) is 0 Å². The molecule has 0 radical (unpaired) electrons. The van der Waals surface area contributed by atoms with Crippen molar-refractivity contribution in [1.82, 2.24) is 14.7 Å². The van der Waals surface area contributed by atoms with Crippen molar-refractivity contribution in [3.05, 3.63) is 12.7 Å². The minimum Gasteiger partial charge on any atom is -0.480 e. The Morgan fingerprint density at radius 1 is 1.35 bits per heavy atom. The lowest BCUT2D eigenvalue weighted by molar-refractivity contribution is -0.143. The summed E-state index contributed by atoms with van der Waals surface area (Å²) in [5.74, 6) is -0.809. The van der Waals surface area contributed by atoms with Crippen molar-refractivity contribution < 1.29 is 14.7 Å². The Morgan fingerprint density at radius 2 is 1.95 bits per heavy atom. The van der Waals surface area contributed by atoms with Crippen LogP contribution < -0.4 is 0 Å². The summed E-state index contributed by atoms with van der Waals surface area (Å²) in [7, 11) is 0. The van der Waals surface area contributed by atoms with Gasteiger partial charge in [-0.2, -0.15) is 0 Å². The Balaban J connectivity index is 1.87. The molecular weight excluding hydrogens is 258 g/mol. The number of aliphatic carboxylic acids is 1. The van der Waals surface area contributed by atoms with Gasteiger partial charge in [0.15, 0.2) is 0 Å². The van der Waals surface area contributed by atoms with Crippen molar-refractivity contribution in [2.45, 2.75) is 31.8 Å². The van der Waals surface area contributed by atoms with E-state index in [2.05, 4.69) is 6.58 Å². The fraction of sp³-hybridized carbons (Fsp3) is 0.714. The summed E-state index contributed by atoms with van der Waals surface area (Å²) in [6.07, 6.45) is 3.92. The molecule has 1 saturated heterocycles. The SMILES string of the molecule is C=CCN(C(=O)N1CCN(C(C)C(=O)O)CC1)C1CC1. The van der Waals surface area contributed by atoms with Crippen LogP contribution in [0.4, 0.5) is 4.79 Å². The standard InChI is InChI=1S/C14H23N3O3/c1-3-6-17(12-4-5-12)14(20)16-9-7-15(8-10-16)11(2)13(18)19/h3,11-12H,1,4-10H2,2H3,(H,18,19). The van der Waals surface area contributed by atoms with Gasteiger partial charge in [0.1, 0.15) is 6.04 Å². The van der Waals surface area contributed by atoms with Gasteiger partial charge in [0.25, 0.3) is 0 Å². The van der Waals surface area contributed by atoms with E-state index in [4.69, 9.17) is 5.11 Å². The molecule has 2 fully saturated rings. The topological polar surface area (TPSA) is 64.1 Å². The number of rotatable bonds is 5. The van der Waals surface area contributed by atoms with Crippen molar-refractivity contribution in [2.75, 3.05) is 32.7 Å². The molecule has 1 atom stereocenters. The summed E-state index contributed by atoms with van der Waals surface area (Å²) in [6, 6.07) is -0.0496. The predicted octanol–water partition coefficient (Wildman–Crippen LogP) is 0.847. The highest BCUT2D eigenvalue weighted by Gasteiger charge is 2.35. The molecule has 0 aromatic heterocycles. The van der Waals surface area contributed by atoms with Gasteiger partial charge in [-0.25, -0.2) is 4.79 Å². The zero-order valence-corrected chi connectivity index (χ0v) is 12.0. The fourth-order valence-electron chi connectivity index (χ4n) is 2.55. The fourth-order valence-corrected chi connectivity index (χ4v) is 2.55. The van der Waals surface area contributed by atoms with E-state index >= 15 is 0 Å². The minimum atomic E-state index is -0.809. The Morgan fingerprint density at radius 3 is 2.40 bits per heavy atom. The molecule has 6 nitrogen and oxygen atoms in total. The van der Waals surface area contributed by atoms with E-state index < -0.39 is 12.0 Å². The molecule has 1 unspecified atom stereocenters. The summed E-state index contributed by atoms with van der Waals surface area (Å²) in [5.41, 5.74) is 0. The maximum atomic E-state index is 12.4. The molecule has 1 aliphatic carbocycles. The first-order chi connectivity index (χ1) is 9.54. The van der Waals surface area contributed by atoms with Crippen LogP contribution in [0.5, 0.6) is 0 Å². The summed E-state index contributed by atoms with van der Waals surface area (Å²) in [6.45, 7) is 8.41. The van der Waals surface area contributed by atoms with E-state index in [1.54, 1.807) is 13.0 Å². The maximum absolute atomic E-state index is 12.4. The highest BCUT2D eigenvalue weighted by atomic mass is 16.4. The number of carbonyl (C=O) groups is 2. The van der Waals surface area contributed by atoms with Crippen LogP contribution in [0.1, 0.15) is 19.8 Å². The van der Waals surface area contributed by atoms with Crippen LogP contribution in [0, 0.1) is 0 Å². The van der Waals surface area contributed by atoms with Crippen molar-refractivity contribution in [1.29, 1.82) is 0 Å². The van der Waals surface area contributed by atoms with Gasteiger partial charge in [-0.05, 0) is 19.8 Å². The number of carbonyl (C=O) groups excluding carboxylic acids is 1. The molecule has 6 heteroatoms. The van der Waals surface area contributed by atoms with Crippen molar-refractivity contribution in [2.24, 2.45) is 0 Å². The number of hydrogen-bond donors (Lipinski definition) is 1. The van der Waals surface area contributed by atoms with E-state index in [0.29, 0.717) is 38.8 Å². The van der Waals surface area contributed by atoms with Gasteiger partial charge in [0.2, 0.25) is 0 Å². The number of hydrogen-bond acceptors (Lipinski definition) is 3. The molecule has 0 aromatic carbocycles. The second-order valence-corrected chi connectivity index (χ2v) is 5.49. The van der Waals surface area contributed by atoms with Gasteiger partial charge in [-0.3, -0.25) is 9.69 Å². The monoisotopic (exact) mass is 281 g/mol. The predicted molar refractivity (Wildman–Crippen MR) is 75.6 cm³/mol. The molecule has 0 aromatic rings. The number of carboxylic acids is 1. The van der Waals surface area contributed by atoms with Crippen LogP contribution >= 0.6 is 0 Å². The molecule has 1 saturated carbocycles. The van der Waals surface area contributed by atoms with Crippen LogP contribution in [0.3, 0.4) is 0 Å². The molecule has 20 heavy (non-hydrogen) atoms. The summed E-state index contributed by atoms with van der Waals surface area (Å²) in [5, 5.41) is 9.01. The van der Waals surface area contributed by atoms with Gasteiger partial charge >= 0.3 is 12.0 Å². The highest BCUT2D eigenvalue weighted by molar-refractivity contribution is 5.76. The lowest BCUT2D eigenvalue weighted by Gasteiger charge is -2.38. The first-order valence-corrected chi connectivity index (χ1v) is 7.18. The van der Waals surface area contributed by atoms with Gasteiger partial charge in [-0.15, -0.1) is 6.58 Å². The molecule has 2 amide bonds. The van der Waals surface area contributed by atoms with Crippen molar-refractivity contribution >= 4 is 12.0 Å². The van der Waals surface area contributed by atoms with Gasteiger partial charge in [0.05, 0.1) is 0 Å². The molecule has 0 bridgehead atoms. The Hall–Kier alpha value is -1.56. The van der Waals surface area contributed by atoms with Gasteiger partial charge in [-0.1, -0.05) is 6.08 Å². The smallest absolute Gasteiger partial charge is 0.320 e. The summed E-state index contributed by atoms with van der Waals surface area (Å²) < 4.78 is 0. The normalized spacial score (nSPS) is 21.4. The lowest BCUT2D eigenvalue weighted by atomic mass is 10.2. The van der Waals surface area contributed by atoms with E-state index in [1.165, 1.54) is 0 Å². The Kier molecular flexibility index (Phi) is 4.65. The number of urea groups is 1. The van der Waals surface area contributed by atoms with Crippen LogP contribution in [-0.4, -0.2) is 76.6 Å². The molecule has 0 spiro atoms. The lowest BCUT2D eigenvalue weighted by Crippen LogP contribution is -2.56. The van der Waals surface area contributed by atoms with Gasteiger partial charge in [0, 0.05) is 38.8 Å². The van der Waals surface area contributed by atoms with E-state index in [0.717, 1.165) is 12.8 Å². The zero-order valence-electron chi connectivity index (χ0n) is 12.0. The first-order valence-electron chi connectivity index (χ1n) is 7.18. The Labute approximate surface area is 119 Å². The van der Waals surface area contributed by atoms with Crippen molar-refractivity contribution in [3.63, 3.8) is 0 Å². The molecular formula is C14H23N3O3. The first kappa shape index (κ1) is 14.8. The molecule has 1 N–H and O–H groups in total. The zero-order chi connectivity index (χ0) is 14.7. The number of carboxylic acid groups (broad SMARTS) is 1. The highest BCUT2D eigenvalue weighted by Crippen LogP contribution is 2.27. The van der Waals surface area contributed by atoms with E-state index in [-0.39, 0.29) is 6.03 Å². The second-order valence-electron chi connectivity index (χ2n) is 5.49. The number of amides is 2. The molecule has 112 valence electrons. The molecule has 2 rings (SSSR count). The van der Waals surface area contributed by atoms with E-state index in [1.807, 2.05) is 14.7 Å². The summed E-state index contributed by atoms with van der Waals surface area (Å²) in [4.78, 5) is 29.0. The van der Waals surface area contributed by atoms with Crippen LogP contribution in [0.25, 0.3) is 0 Å². The minimum absolute atomic E-state index is 0.0648. The number of piperazine rings is 1. The summed E-state index contributed by atoms with van der Waals surface area (Å²) >= 11 is 0. The molecule has 2 aliphatic rings. The van der Waals surface area contributed by atoms with Crippen LogP contribution in [0.2, 0.25) is 0 Å². The largest absolute Gasteiger partial charge is 0.480 e. The quantitative estimate of drug-likeness (QED) is 0.759. The third-order valence-corrected chi connectivity index (χ3v) is 4.05. The molecule has 1 heterocycles. The third-order valence-electron chi connectivity index (χ3n) is 4.05. The van der Waals surface area contributed by atoms with Gasteiger partial charge < -0.3 is 14.9 Å². The maximum Gasteiger partial charge on any atom is 0.320 e.